The van der Waals surface area contributed by atoms with Crippen molar-refractivity contribution in [2.45, 2.75) is 32.1 Å². The fraction of sp³-hybridized carbons (Fsp3) is 0.529. The SMILES string of the molecule is COc1ccccc1CCNC(=O)CC(=O)N1CCCCC1. The van der Waals surface area contributed by atoms with Crippen LogP contribution in [-0.4, -0.2) is 43.5 Å². The quantitative estimate of drug-likeness (QED) is 0.815. The van der Waals surface area contributed by atoms with E-state index in [1.54, 1.807) is 12.0 Å². The van der Waals surface area contributed by atoms with Crippen LogP contribution in [0.25, 0.3) is 0 Å². The molecule has 2 amide bonds. The number of ether oxygens (including phenoxy) is 1. The van der Waals surface area contributed by atoms with Crippen molar-refractivity contribution in [1.82, 2.24) is 10.2 Å². The molecular formula is C17H24N2O3. The summed E-state index contributed by atoms with van der Waals surface area (Å²) in [5.74, 6) is 0.557. The highest BCUT2D eigenvalue weighted by atomic mass is 16.5. The smallest absolute Gasteiger partial charge is 0.232 e. The highest BCUT2D eigenvalue weighted by Gasteiger charge is 2.18. The maximum atomic E-state index is 12.0. The van der Waals surface area contributed by atoms with Crippen LogP contribution in [0, 0.1) is 0 Å². The third-order valence-electron chi connectivity index (χ3n) is 3.93. The normalized spacial score (nSPS) is 14.5. The lowest BCUT2D eigenvalue weighted by molar-refractivity contribution is -0.136. The summed E-state index contributed by atoms with van der Waals surface area (Å²) in [5.41, 5.74) is 1.05. The summed E-state index contributed by atoms with van der Waals surface area (Å²) in [4.78, 5) is 25.6. The van der Waals surface area contributed by atoms with E-state index in [4.69, 9.17) is 4.74 Å². The Morgan fingerprint density at radius 3 is 2.64 bits per heavy atom. The van der Waals surface area contributed by atoms with Gasteiger partial charge in [0, 0.05) is 19.6 Å². The first kappa shape index (κ1) is 16.3. The molecule has 1 aliphatic heterocycles. The number of carbonyl (C=O) groups excluding carboxylic acids is 2. The Labute approximate surface area is 131 Å². The lowest BCUT2D eigenvalue weighted by Gasteiger charge is -2.26. The van der Waals surface area contributed by atoms with Crippen LogP contribution in [0.15, 0.2) is 24.3 Å². The van der Waals surface area contributed by atoms with Gasteiger partial charge in [-0.1, -0.05) is 18.2 Å². The van der Waals surface area contributed by atoms with Crippen LogP contribution in [0.4, 0.5) is 0 Å². The molecule has 0 aromatic heterocycles. The first-order chi connectivity index (χ1) is 10.7. The van der Waals surface area contributed by atoms with E-state index in [0.29, 0.717) is 13.0 Å². The molecule has 0 atom stereocenters. The Hall–Kier alpha value is -2.04. The van der Waals surface area contributed by atoms with E-state index in [2.05, 4.69) is 5.32 Å². The summed E-state index contributed by atoms with van der Waals surface area (Å²) in [6, 6.07) is 7.73. The van der Waals surface area contributed by atoms with Gasteiger partial charge in [0.2, 0.25) is 11.8 Å². The van der Waals surface area contributed by atoms with Gasteiger partial charge in [0.25, 0.3) is 0 Å². The zero-order valence-electron chi connectivity index (χ0n) is 13.1. The van der Waals surface area contributed by atoms with Gasteiger partial charge in [-0.2, -0.15) is 0 Å². The second kappa shape index (κ2) is 8.41. The van der Waals surface area contributed by atoms with E-state index in [1.165, 1.54) is 6.42 Å². The van der Waals surface area contributed by atoms with Crippen LogP contribution in [0.1, 0.15) is 31.2 Å². The number of likely N-dealkylation sites (tertiary alicyclic amines) is 1. The molecule has 1 aromatic rings. The molecule has 1 aliphatic rings. The number of rotatable bonds is 6. The molecule has 0 radical (unpaired) electrons. The molecule has 0 spiro atoms. The third-order valence-corrected chi connectivity index (χ3v) is 3.93. The summed E-state index contributed by atoms with van der Waals surface area (Å²) in [6.07, 6.45) is 3.90. The molecule has 120 valence electrons. The average Bonchev–Trinajstić information content (AvgIpc) is 2.56. The van der Waals surface area contributed by atoms with Gasteiger partial charge in [0.1, 0.15) is 12.2 Å². The Bertz CT molecular complexity index is 510. The van der Waals surface area contributed by atoms with Crippen LogP contribution in [0.3, 0.4) is 0 Å². The van der Waals surface area contributed by atoms with Crippen LogP contribution >= 0.6 is 0 Å². The molecule has 0 saturated carbocycles. The number of hydrogen-bond acceptors (Lipinski definition) is 3. The van der Waals surface area contributed by atoms with Gasteiger partial charge in [0.05, 0.1) is 7.11 Å². The minimum atomic E-state index is -0.203. The second-order valence-electron chi connectivity index (χ2n) is 5.53. The summed E-state index contributed by atoms with van der Waals surface area (Å²) in [6.45, 7) is 2.08. The monoisotopic (exact) mass is 304 g/mol. The van der Waals surface area contributed by atoms with Crippen molar-refractivity contribution < 1.29 is 14.3 Å². The van der Waals surface area contributed by atoms with Crippen LogP contribution < -0.4 is 10.1 Å². The zero-order chi connectivity index (χ0) is 15.8. The highest BCUT2D eigenvalue weighted by molar-refractivity contribution is 5.96. The summed E-state index contributed by atoms with van der Waals surface area (Å²) in [5, 5.41) is 2.81. The Kier molecular flexibility index (Phi) is 6.25. The highest BCUT2D eigenvalue weighted by Crippen LogP contribution is 2.17. The van der Waals surface area contributed by atoms with Crippen molar-refractivity contribution in [2.75, 3.05) is 26.7 Å². The van der Waals surface area contributed by atoms with E-state index >= 15 is 0 Å². The number of methoxy groups -OCH3 is 1. The van der Waals surface area contributed by atoms with E-state index in [9.17, 15) is 9.59 Å². The Morgan fingerprint density at radius 2 is 1.91 bits per heavy atom. The summed E-state index contributed by atoms with van der Waals surface area (Å²) < 4.78 is 5.27. The molecule has 5 nitrogen and oxygen atoms in total. The predicted octanol–water partition coefficient (Wildman–Crippen LogP) is 1.76. The molecule has 22 heavy (non-hydrogen) atoms. The molecule has 1 fully saturated rings. The maximum Gasteiger partial charge on any atom is 0.232 e. The van der Waals surface area contributed by atoms with Gasteiger partial charge >= 0.3 is 0 Å². The van der Waals surface area contributed by atoms with Crippen LogP contribution in [0.5, 0.6) is 5.75 Å². The molecular weight excluding hydrogens is 280 g/mol. The van der Waals surface area contributed by atoms with Gasteiger partial charge < -0.3 is 15.0 Å². The lowest BCUT2D eigenvalue weighted by Crippen LogP contribution is -2.39. The summed E-state index contributed by atoms with van der Waals surface area (Å²) >= 11 is 0. The first-order valence-corrected chi connectivity index (χ1v) is 7.87. The number of hydrogen-bond donors (Lipinski definition) is 1. The van der Waals surface area contributed by atoms with E-state index in [-0.39, 0.29) is 18.2 Å². The maximum absolute atomic E-state index is 12.0. The van der Waals surface area contributed by atoms with Crippen molar-refractivity contribution >= 4 is 11.8 Å². The summed E-state index contributed by atoms with van der Waals surface area (Å²) in [7, 11) is 1.63. The van der Waals surface area contributed by atoms with Crippen LogP contribution in [0.2, 0.25) is 0 Å². The van der Waals surface area contributed by atoms with E-state index < -0.39 is 0 Å². The number of benzene rings is 1. The van der Waals surface area contributed by atoms with Crippen molar-refractivity contribution in [3.63, 3.8) is 0 Å². The van der Waals surface area contributed by atoms with Gasteiger partial charge in [-0.25, -0.2) is 0 Å². The van der Waals surface area contributed by atoms with Crippen molar-refractivity contribution in [2.24, 2.45) is 0 Å². The number of para-hydroxylation sites is 1. The lowest BCUT2D eigenvalue weighted by atomic mass is 10.1. The molecule has 0 unspecified atom stereocenters. The Morgan fingerprint density at radius 1 is 1.18 bits per heavy atom. The van der Waals surface area contributed by atoms with Crippen LogP contribution in [-0.2, 0) is 16.0 Å². The van der Waals surface area contributed by atoms with Crippen molar-refractivity contribution in [3.8, 4) is 5.75 Å². The molecule has 0 aliphatic carbocycles. The molecule has 5 heteroatoms. The standard InChI is InChI=1S/C17H24N2O3/c1-22-15-8-4-3-7-14(15)9-10-18-16(20)13-17(21)19-11-5-2-6-12-19/h3-4,7-8H,2,5-6,9-13H2,1H3,(H,18,20). The molecule has 1 heterocycles. The van der Waals surface area contributed by atoms with E-state index in [1.807, 2.05) is 24.3 Å². The largest absolute Gasteiger partial charge is 0.496 e. The molecule has 2 rings (SSSR count). The molecule has 1 saturated heterocycles. The van der Waals surface area contributed by atoms with Crippen molar-refractivity contribution in [3.05, 3.63) is 29.8 Å². The number of nitrogens with zero attached hydrogens (tertiary/aromatic N) is 1. The topological polar surface area (TPSA) is 58.6 Å². The number of amides is 2. The molecule has 0 bridgehead atoms. The fourth-order valence-electron chi connectivity index (χ4n) is 2.70. The first-order valence-electron chi connectivity index (χ1n) is 7.87. The van der Waals surface area contributed by atoms with Crippen molar-refractivity contribution in [1.29, 1.82) is 0 Å². The molecule has 1 N–H and O–H groups in total. The van der Waals surface area contributed by atoms with Gasteiger partial charge in [-0.05, 0) is 37.3 Å². The fourth-order valence-corrected chi connectivity index (χ4v) is 2.70. The average molecular weight is 304 g/mol. The number of piperidine rings is 1. The minimum absolute atomic E-state index is 0.0497. The Balaban J connectivity index is 1.72. The second-order valence-corrected chi connectivity index (χ2v) is 5.53. The van der Waals surface area contributed by atoms with Gasteiger partial charge in [-0.15, -0.1) is 0 Å². The zero-order valence-corrected chi connectivity index (χ0v) is 13.1. The predicted molar refractivity (Wildman–Crippen MR) is 84.8 cm³/mol. The van der Waals surface area contributed by atoms with E-state index in [0.717, 1.165) is 37.2 Å². The molecule has 1 aromatic carbocycles. The van der Waals surface area contributed by atoms with Gasteiger partial charge in [-0.3, -0.25) is 9.59 Å². The number of carbonyl (C=O) groups is 2. The third kappa shape index (κ3) is 4.76. The minimum Gasteiger partial charge on any atom is -0.496 e. The van der Waals surface area contributed by atoms with Gasteiger partial charge in [0.15, 0.2) is 0 Å². The number of nitrogens with one attached hydrogen (secondary N) is 1.